The molecule has 2 heterocycles. The summed E-state index contributed by atoms with van der Waals surface area (Å²) in [5.41, 5.74) is -0.739. The number of hydrogen-bond acceptors (Lipinski definition) is 2. The van der Waals surface area contributed by atoms with Crippen molar-refractivity contribution in [2.24, 2.45) is 5.92 Å². The standard InChI is InChI=1S/C20H25F3N2O2/c21-20(22,23)17-7-3-6-16(13-17)19(27)25-12-4-5-15(14-25)8-9-18(26)24-10-1-2-11-24/h3,6-7,13,15H,1-2,4-5,8-12,14H2. The van der Waals surface area contributed by atoms with E-state index in [0.717, 1.165) is 57.3 Å². The zero-order chi connectivity index (χ0) is 19.4. The molecule has 0 saturated carbocycles. The fourth-order valence-electron chi connectivity index (χ4n) is 3.95. The van der Waals surface area contributed by atoms with Crippen molar-refractivity contribution in [3.63, 3.8) is 0 Å². The van der Waals surface area contributed by atoms with E-state index in [0.29, 0.717) is 19.5 Å². The van der Waals surface area contributed by atoms with Crippen LogP contribution in [0.4, 0.5) is 13.2 Å². The molecular weight excluding hydrogens is 357 g/mol. The lowest BCUT2D eigenvalue weighted by molar-refractivity contribution is -0.137. The second-order valence-corrected chi connectivity index (χ2v) is 7.46. The lowest BCUT2D eigenvalue weighted by atomic mass is 9.92. The molecular formula is C20H25F3N2O2. The van der Waals surface area contributed by atoms with E-state index in [-0.39, 0.29) is 23.3 Å². The second-order valence-electron chi connectivity index (χ2n) is 7.46. The number of carbonyl (C=O) groups is 2. The van der Waals surface area contributed by atoms with Gasteiger partial charge in [0, 0.05) is 38.2 Å². The first-order chi connectivity index (χ1) is 12.8. The summed E-state index contributed by atoms with van der Waals surface area (Å²) in [6.45, 7) is 2.72. The van der Waals surface area contributed by atoms with E-state index in [2.05, 4.69) is 0 Å². The van der Waals surface area contributed by atoms with Crippen molar-refractivity contribution in [1.29, 1.82) is 0 Å². The molecule has 0 spiro atoms. The number of rotatable bonds is 4. The lowest BCUT2D eigenvalue weighted by Gasteiger charge is -2.33. The van der Waals surface area contributed by atoms with E-state index >= 15 is 0 Å². The van der Waals surface area contributed by atoms with Gasteiger partial charge in [-0.3, -0.25) is 9.59 Å². The maximum Gasteiger partial charge on any atom is 0.416 e. The van der Waals surface area contributed by atoms with E-state index < -0.39 is 11.7 Å². The number of amides is 2. The average Bonchev–Trinajstić information content (AvgIpc) is 3.20. The van der Waals surface area contributed by atoms with Gasteiger partial charge in [0.25, 0.3) is 5.91 Å². The Morgan fingerprint density at radius 1 is 1.04 bits per heavy atom. The van der Waals surface area contributed by atoms with Crippen molar-refractivity contribution in [2.45, 2.75) is 44.7 Å². The third-order valence-electron chi connectivity index (χ3n) is 5.47. The highest BCUT2D eigenvalue weighted by molar-refractivity contribution is 5.94. The highest BCUT2D eigenvalue weighted by Crippen LogP contribution is 2.30. The van der Waals surface area contributed by atoms with E-state index in [1.54, 1.807) is 4.90 Å². The van der Waals surface area contributed by atoms with Crippen LogP contribution in [0.15, 0.2) is 24.3 Å². The van der Waals surface area contributed by atoms with Gasteiger partial charge < -0.3 is 9.80 Å². The van der Waals surface area contributed by atoms with Gasteiger partial charge in [-0.1, -0.05) is 6.07 Å². The highest BCUT2D eigenvalue weighted by atomic mass is 19.4. The molecule has 0 aromatic heterocycles. The molecule has 3 rings (SSSR count). The first-order valence-corrected chi connectivity index (χ1v) is 9.59. The smallest absolute Gasteiger partial charge is 0.343 e. The number of benzene rings is 1. The summed E-state index contributed by atoms with van der Waals surface area (Å²) in [5.74, 6) is 0.0329. The molecule has 2 aliphatic rings. The molecule has 27 heavy (non-hydrogen) atoms. The molecule has 2 aliphatic heterocycles. The van der Waals surface area contributed by atoms with Crippen LogP contribution < -0.4 is 0 Å². The number of piperidine rings is 1. The quantitative estimate of drug-likeness (QED) is 0.791. The molecule has 148 valence electrons. The van der Waals surface area contributed by atoms with Gasteiger partial charge >= 0.3 is 6.18 Å². The molecule has 1 atom stereocenters. The molecule has 2 amide bonds. The van der Waals surface area contributed by atoms with Crippen LogP contribution in [0.5, 0.6) is 0 Å². The van der Waals surface area contributed by atoms with Gasteiger partial charge in [0.05, 0.1) is 5.56 Å². The topological polar surface area (TPSA) is 40.6 Å². The molecule has 4 nitrogen and oxygen atoms in total. The third kappa shape index (κ3) is 5.02. The van der Waals surface area contributed by atoms with Gasteiger partial charge in [-0.15, -0.1) is 0 Å². The summed E-state index contributed by atoms with van der Waals surface area (Å²) in [6, 6.07) is 4.59. The summed E-state index contributed by atoms with van der Waals surface area (Å²) < 4.78 is 38.6. The van der Waals surface area contributed by atoms with Gasteiger partial charge in [-0.05, 0) is 56.2 Å². The van der Waals surface area contributed by atoms with Gasteiger partial charge in [0.15, 0.2) is 0 Å². The van der Waals surface area contributed by atoms with Crippen LogP contribution in [-0.2, 0) is 11.0 Å². The largest absolute Gasteiger partial charge is 0.416 e. The zero-order valence-electron chi connectivity index (χ0n) is 15.3. The molecule has 0 N–H and O–H groups in total. The van der Waals surface area contributed by atoms with Crippen LogP contribution >= 0.6 is 0 Å². The minimum Gasteiger partial charge on any atom is -0.343 e. The van der Waals surface area contributed by atoms with Gasteiger partial charge in [-0.25, -0.2) is 0 Å². The number of nitrogens with zero attached hydrogens (tertiary/aromatic N) is 2. The summed E-state index contributed by atoms with van der Waals surface area (Å²) in [5, 5.41) is 0. The minimum atomic E-state index is -4.46. The van der Waals surface area contributed by atoms with Crippen molar-refractivity contribution in [3.8, 4) is 0 Å². The summed E-state index contributed by atoms with van der Waals surface area (Å²) >= 11 is 0. The molecule has 1 aromatic carbocycles. The second kappa shape index (κ2) is 8.31. The maximum atomic E-state index is 12.9. The Bertz CT molecular complexity index is 684. The van der Waals surface area contributed by atoms with Crippen molar-refractivity contribution >= 4 is 11.8 Å². The maximum absolute atomic E-state index is 12.9. The Morgan fingerprint density at radius 2 is 1.74 bits per heavy atom. The molecule has 2 fully saturated rings. The predicted octanol–water partition coefficient (Wildman–Crippen LogP) is 3.96. The number of hydrogen-bond donors (Lipinski definition) is 0. The average molecular weight is 382 g/mol. The predicted molar refractivity (Wildman–Crippen MR) is 95.1 cm³/mol. The van der Waals surface area contributed by atoms with Crippen molar-refractivity contribution in [2.75, 3.05) is 26.2 Å². The van der Waals surface area contributed by atoms with Crippen molar-refractivity contribution < 1.29 is 22.8 Å². The Balaban J connectivity index is 1.57. The number of alkyl halides is 3. The molecule has 0 aliphatic carbocycles. The molecule has 0 bridgehead atoms. The molecule has 0 radical (unpaired) electrons. The molecule has 7 heteroatoms. The Morgan fingerprint density at radius 3 is 2.44 bits per heavy atom. The van der Waals surface area contributed by atoms with Gasteiger partial charge in [0.2, 0.25) is 5.91 Å². The van der Waals surface area contributed by atoms with E-state index in [4.69, 9.17) is 0 Å². The molecule has 1 aromatic rings. The van der Waals surface area contributed by atoms with E-state index in [1.807, 2.05) is 4.90 Å². The normalized spacial score (nSPS) is 20.8. The Kier molecular flexibility index (Phi) is 6.07. The SMILES string of the molecule is O=C(CCC1CCCN(C(=O)c2cccc(C(F)(F)F)c2)C1)N1CCCC1. The van der Waals surface area contributed by atoms with Gasteiger partial charge in [0.1, 0.15) is 0 Å². The van der Waals surface area contributed by atoms with E-state index in [1.165, 1.54) is 12.1 Å². The van der Waals surface area contributed by atoms with Crippen LogP contribution in [0.25, 0.3) is 0 Å². The monoisotopic (exact) mass is 382 g/mol. The molecule has 1 unspecified atom stereocenters. The van der Waals surface area contributed by atoms with Crippen LogP contribution in [0.2, 0.25) is 0 Å². The van der Waals surface area contributed by atoms with Gasteiger partial charge in [-0.2, -0.15) is 13.2 Å². The Labute approximate surface area is 157 Å². The van der Waals surface area contributed by atoms with Crippen molar-refractivity contribution in [3.05, 3.63) is 35.4 Å². The Hall–Kier alpha value is -2.05. The fourth-order valence-corrected chi connectivity index (χ4v) is 3.95. The number of carbonyl (C=O) groups excluding carboxylic acids is 2. The summed E-state index contributed by atoms with van der Waals surface area (Å²) in [7, 11) is 0. The number of likely N-dealkylation sites (tertiary alicyclic amines) is 2. The summed E-state index contributed by atoms with van der Waals surface area (Å²) in [6.07, 6.45) is 0.629. The van der Waals surface area contributed by atoms with Crippen molar-refractivity contribution in [1.82, 2.24) is 9.80 Å². The lowest BCUT2D eigenvalue weighted by Crippen LogP contribution is -2.40. The first kappa shape index (κ1) is 19.7. The third-order valence-corrected chi connectivity index (χ3v) is 5.47. The highest BCUT2D eigenvalue weighted by Gasteiger charge is 2.32. The van der Waals surface area contributed by atoms with Crippen LogP contribution in [0.3, 0.4) is 0 Å². The number of halogens is 3. The minimum absolute atomic E-state index is 0.0682. The van der Waals surface area contributed by atoms with E-state index in [9.17, 15) is 22.8 Å². The van der Waals surface area contributed by atoms with Crippen LogP contribution in [0.1, 0.15) is 54.4 Å². The van der Waals surface area contributed by atoms with Crippen LogP contribution in [-0.4, -0.2) is 47.8 Å². The molecule has 2 saturated heterocycles. The first-order valence-electron chi connectivity index (χ1n) is 9.59. The zero-order valence-corrected chi connectivity index (χ0v) is 15.3. The van der Waals surface area contributed by atoms with Crippen LogP contribution in [0, 0.1) is 5.92 Å². The summed E-state index contributed by atoms with van der Waals surface area (Å²) in [4.78, 5) is 28.4. The fraction of sp³-hybridized carbons (Fsp3) is 0.600.